The molecule has 0 N–H and O–H groups in total. The zero-order valence-electron chi connectivity index (χ0n) is 14.2. The van der Waals surface area contributed by atoms with Gasteiger partial charge >= 0.3 is 5.97 Å². The lowest BCUT2D eigenvalue weighted by molar-refractivity contribution is 0.0513. The fraction of sp³-hybridized carbons (Fsp3) is 0.263. The lowest BCUT2D eigenvalue weighted by Gasteiger charge is -2.19. The largest absolute Gasteiger partial charge is 0.481 e. The Morgan fingerprint density at radius 2 is 2.19 bits per heavy atom. The van der Waals surface area contributed by atoms with E-state index in [0.717, 1.165) is 11.3 Å². The minimum absolute atomic E-state index is 0.0591. The second kappa shape index (κ2) is 6.49. The summed E-state index contributed by atoms with van der Waals surface area (Å²) in [6.07, 6.45) is 5.94. The molecule has 2 aromatic rings. The number of nitrogens with zero attached hydrogens (tertiary/aromatic N) is 2. The third-order valence-corrected chi connectivity index (χ3v) is 4.94. The number of aromatic nitrogens is 2. The summed E-state index contributed by atoms with van der Waals surface area (Å²) in [7, 11) is 0. The van der Waals surface area contributed by atoms with Crippen molar-refractivity contribution in [3.63, 3.8) is 0 Å². The van der Waals surface area contributed by atoms with Gasteiger partial charge in [0.1, 0.15) is 6.10 Å². The molecular weight excluding hydrogens is 375 g/mol. The first-order valence-electron chi connectivity index (χ1n) is 8.28. The normalized spacial score (nSPS) is 20.2. The van der Waals surface area contributed by atoms with Crippen LogP contribution in [0.3, 0.4) is 0 Å². The molecular formula is C19H16Cl2N2O3. The van der Waals surface area contributed by atoms with Crippen LogP contribution in [0.5, 0.6) is 5.75 Å². The summed E-state index contributed by atoms with van der Waals surface area (Å²) in [5.74, 6) is -0.132. The number of halogens is 2. The van der Waals surface area contributed by atoms with Gasteiger partial charge in [0, 0.05) is 5.02 Å². The van der Waals surface area contributed by atoms with E-state index >= 15 is 0 Å². The number of rotatable bonds is 3. The summed E-state index contributed by atoms with van der Waals surface area (Å²) in [6, 6.07) is 5.15. The molecule has 134 valence electrons. The van der Waals surface area contributed by atoms with Crippen molar-refractivity contribution in [1.82, 2.24) is 9.78 Å². The standard InChI is InChI=1S/C19H16Cl2N2O3/c1-3-25-19(24)16-18-17(12-6-4-10(2)8-15(12)26-18)23(22-16)14-7-5-11(20)9-13(14)21/h4-9,12,15H,3H2,1-2H3. The van der Waals surface area contributed by atoms with E-state index in [1.54, 1.807) is 29.8 Å². The molecule has 0 saturated heterocycles. The van der Waals surface area contributed by atoms with Crippen molar-refractivity contribution < 1.29 is 14.3 Å². The SMILES string of the molecule is CCOC(=O)c1nn(-c2ccc(Cl)cc2Cl)c2c1OC1C=C(C)C=CC21. The monoisotopic (exact) mass is 390 g/mol. The molecule has 0 spiro atoms. The van der Waals surface area contributed by atoms with E-state index < -0.39 is 5.97 Å². The topological polar surface area (TPSA) is 53.3 Å². The van der Waals surface area contributed by atoms with Gasteiger partial charge in [0.25, 0.3) is 0 Å². The van der Waals surface area contributed by atoms with Crippen molar-refractivity contribution in [2.45, 2.75) is 25.9 Å². The maximum Gasteiger partial charge on any atom is 0.362 e. The zero-order valence-corrected chi connectivity index (χ0v) is 15.7. The smallest absolute Gasteiger partial charge is 0.362 e. The first-order valence-corrected chi connectivity index (χ1v) is 9.04. The van der Waals surface area contributed by atoms with Crippen LogP contribution >= 0.6 is 23.2 Å². The molecule has 4 rings (SSSR count). The van der Waals surface area contributed by atoms with E-state index in [-0.39, 0.29) is 24.3 Å². The number of allylic oxidation sites excluding steroid dienone is 2. The van der Waals surface area contributed by atoms with E-state index in [4.69, 9.17) is 32.7 Å². The van der Waals surface area contributed by atoms with Crippen LogP contribution in [0.1, 0.15) is 35.9 Å². The van der Waals surface area contributed by atoms with Crippen molar-refractivity contribution in [1.29, 1.82) is 0 Å². The van der Waals surface area contributed by atoms with Crippen LogP contribution in [0.25, 0.3) is 5.69 Å². The molecule has 7 heteroatoms. The second-order valence-electron chi connectivity index (χ2n) is 6.17. The molecule has 2 atom stereocenters. The average Bonchev–Trinajstić information content (AvgIpc) is 3.12. The average molecular weight is 391 g/mol. The highest BCUT2D eigenvalue weighted by molar-refractivity contribution is 6.35. The lowest BCUT2D eigenvalue weighted by atomic mass is 9.93. The fourth-order valence-electron chi connectivity index (χ4n) is 3.27. The van der Waals surface area contributed by atoms with E-state index in [1.807, 2.05) is 19.1 Å². The molecule has 1 aromatic heterocycles. The third kappa shape index (κ3) is 2.72. The highest BCUT2D eigenvalue weighted by Crippen LogP contribution is 2.45. The fourth-order valence-corrected chi connectivity index (χ4v) is 3.76. The van der Waals surface area contributed by atoms with Crippen molar-refractivity contribution in [2.75, 3.05) is 6.61 Å². The van der Waals surface area contributed by atoms with Crippen molar-refractivity contribution in [3.8, 4) is 11.4 Å². The Morgan fingerprint density at radius 1 is 1.38 bits per heavy atom. The van der Waals surface area contributed by atoms with Crippen molar-refractivity contribution in [2.24, 2.45) is 0 Å². The number of carbonyl (C=O) groups excluding carboxylic acids is 1. The Kier molecular flexibility index (Phi) is 4.29. The number of hydrogen-bond donors (Lipinski definition) is 0. The number of ether oxygens (including phenoxy) is 2. The minimum Gasteiger partial charge on any atom is -0.481 e. The van der Waals surface area contributed by atoms with Gasteiger partial charge in [-0.2, -0.15) is 5.10 Å². The predicted octanol–water partition coefficient (Wildman–Crippen LogP) is 4.72. The number of carbonyl (C=O) groups is 1. The number of fused-ring (bicyclic) bond motifs is 3. The van der Waals surface area contributed by atoms with E-state index in [2.05, 4.69) is 11.2 Å². The summed E-state index contributed by atoms with van der Waals surface area (Å²) in [5, 5.41) is 5.42. The quantitative estimate of drug-likeness (QED) is 0.711. The molecule has 1 aliphatic heterocycles. The molecule has 2 aliphatic rings. The molecule has 0 fully saturated rings. The van der Waals surface area contributed by atoms with Gasteiger partial charge in [0.15, 0.2) is 5.75 Å². The maximum atomic E-state index is 12.4. The van der Waals surface area contributed by atoms with E-state index in [9.17, 15) is 4.79 Å². The van der Waals surface area contributed by atoms with Gasteiger partial charge in [-0.05, 0) is 38.1 Å². The Balaban J connectivity index is 1.90. The van der Waals surface area contributed by atoms with Crippen LogP contribution in [0.4, 0.5) is 0 Å². The van der Waals surface area contributed by atoms with E-state index in [1.165, 1.54) is 0 Å². The van der Waals surface area contributed by atoms with Gasteiger partial charge in [-0.1, -0.05) is 40.9 Å². The first kappa shape index (κ1) is 17.2. The van der Waals surface area contributed by atoms with Gasteiger partial charge < -0.3 is 9.47 Å². The summed E-state index contributed by atoms with van der Waals surface area (Å²) in [6.45, 7) is 4.02. The molecule has 1 aromatic carbocycles. The Morgan fingerprint density at radius 3 is 2.92 bits per heavy atom. The minimum atomic E-state index is -0.518. The van der Waals surface area contributed by atoms with Crippen LogP contribution in [0, 0.1) is 0 Å². The van der Waals surface area contributed by atoms with Gasteiger partial charge in [-0.3, -0.25) is 0 Å². The summed E-state index contributed by atoms with van der Waals surface area (Å²) in [5.41, 5.74) is 2.67. The third-order valence-electron chi connectivity index (χ3n) is 4.40. The van der Waals surface area contributed by atoms with Crippen LogP contribution in [-0.2, 0) is 4.74 Å². The number of esters is 1. The van der Waals surface area contributed by atoms with E-state index in [0.29, 0.717) is 21.5 Å². The molecule has 26 heavy (non-hydrogen) atoms. The highest BCUT2D eigenvalue weighted by Gasteiger charge is 2.41. The molecule has 1 aliphatic carbocycles. The van der Waals surface area contributed by atoms with Crippen LogP contribution in [0.15, 0.2) is 42.0 Å². The molecule has 0 bridgehead atoms. The highest BCUT2D eigenvalue weighted by atomic mass is 35.5. The number of hydrogen-bond acceptors (Lipinski definition) is 4. The van der Waals surface area contributed by atoms with Gasteiger partial charge in [-0.25, -0.2) is 9.48 Å². The van der Waals surface area contributed by atoms with Gasteiger partial charge in [-0.15, -0.1) is 0 Å². The molecule has 2 unspecified atom stereocenters. The number of benzene rings is 1. The molecule has 0 amide bonds. The van der Waals surface area contributed by atoms with Gasteiger partial charge in [0.2, 0.25) is 5.69 Å². The van der Waals surface area contributed by atoms with Crippen LogP contribution in [0.2, 0.25) is 10.0 Å². The summed E-state index contributed by atoms with van der Waals surface area (Å²) < 4.78 is 12.9. The Hall–Kier alpha value is -2.24. The summed E-state index contributed by atoms with van der Waals surface area (Å²) >= 11 is 12.4. The predicted molar refractivity (Wildman–Crippen MR) is 99.6 cm³/mol. The van der Waals surface area contributed by atoms with Crippen LogP contribution < -0.4 is 4.74 Å². The summed E-state index contributed by atoms with van der Waals surface area (Å²) in [4.78, 5) is 12.4. The molecule has 5 nitrogen and oxygen atoms in total. The maximum absolute atomic E-state index is 12.4. The Labute approximate surface area is 160 Å². The first-order chi connectivity index (χ1) is 12.5. The molecule has 0 radical (unpaired) electrons. The molecule has 2 heterocycles. The molecule has 0 saturated carbocycles. The van der Waals surface area contributed by atoms with Crippen molar-refractivity contribution >= 4 is 29.2 Å². The lowest BCUT2D eigenvalue weighted by Crippen LogP contribution is -2.21. The zero-order chi connectivity index (χ0) is 18.4. The second-order valence-corrected chi connectivity index (χ2v) is 7.01. The van der Waals surface area contributed by atoms with Gasteiger partial charge in [0.05, 0.1) is 28.9 Å². The Bertz CT molecular complexity index is 962. The van der Waals surface area contributed by atoms with Crippen LogP contribution in [-0.4, -0.2) is 28.5 Å². The van der Waals surface area contributed by atoms with Crippen molar-refractivity contribution in [3.05, 3.63) is 63.4 Å².